The minimum atomic E-state index is 0.282. The van der Waals surface area contributed by atoms with E-state index in [4.69, 9.17) is 4.98 Å². The fourth-order valence-electron chi connectivity index (χ4n) is 3.22. The molecular weight excluding hydrogens is 324 g/mol. The lowest BCUT2D eigenvalue weighted by atomic mass is 9.90. The predicted octanol–water partition coefficient (Wildman–Crippen LogP) is 4.99. The molecule has 0 bridgehead atoms. The Balaban J connectivity index is 1.87. The van der Waals surface area contributed by atoms with Crippen molar-refractivity contribution in [3.05, 3.63) is 71.7 Å². The molecule has 1 aromatic heterocycles. The molecule has 0 amide bonds. The average Bonchev–Trinajstić information content (AvgIpc) is 2.64. The zero-order chi connectivity index (χ0) is 18.5. The smallest absolute Gasteiger partial charge is 0.118 e. The molecule has 0 aliphatic heterocycles. The third-order valence-corrected chi connectivity index (χ3v) is 4.61. The highest BCUT2D eigenvalue weighted by atomic mass is 16.3. The summed E-state index contributed by atoms with van der Waals surface area (Å²) in [6.07, 6.45) is 6.41. The van der Waals surface area contributed by atoms with Gasteiger partial charge in [-0.05, 0) is 67.1 Å². The second-order valence-electron chi connectivity index (χ2n) is 6.68. The second kappa shape index (κ2) is 8.00. The van der Waals surface area contributed by atoms with Crippen molar-refractivity contribution in [2.75, 3.05) is 0 Å². The van der Waals surface area contributed by atoms with Gasteiger partial charge in [-0.1, -0.05) is 25.5 Å². The van der Waals surface area contributed by atoms with Crippen molar-refractivity contribution in [1.29, 1.82) is 0 Å². The first kappa shape index (κ1) is 17.9. The van der Waals surface area contributed by atoms with Crippen molar-refractivity contribution in [2.24, 2.45) is 0 Å². The number of benzene rings is 2. The van der Waals surface area contributed by atoms with Crippen LogP contribution in [0.25, 0.3) is 11.3 Å². The number of hydrogen-bond donors (Lipinski definition) is 2. The number of aromatic hydroxyl groups is 2. The van der Waals surface area contributed by atoms with Crippen molar-refractivity contribution in [1.82, 2.24) is 9.97 Å². The molecule has 4 heteroatoms. The monoisotopic (exact) mass is 348 g/mol. The third-order valence-electron chi connectivity index (χ3n) is 4.61. The summed E-state index contributed by atoms with van der Waals surface area (Å²) in [4.78, 5) is 9.14. The van der Waals surface area contributed by atoms with E-state index < -0.39 is 0 Å². The molecular formula is C22H24N2O2. The SMILES string of the molecule is CCCC(Cc1cncc(-c2ccc(O)c(C)c2)n1)c1cccc(O)c1. The van der Waals surface area contributed by atoms with Gasteiger partial charge in [-0.15, -0.1) is 0 Å². The highest BCUT2D eigenvalue weighted by molar-refractivity contribution is 5.61. The molecule has 2 aromatic carbocycles. The van der Waals surface area contributed by atoms with Crippen LogP contribution < -0.4 is 0 Å². The van der Waals surface area contributed by atoms with Gasteiger partial charge in [0.2, 0.25) is 0 Å². The second-order valence-corrected chi connectivity index (χ2v) is 6.68. The Hall–Kier alpha value is -2.88. The van der Waals surface area contributed by atoms with Gasteiger partial charge in [-0.3, -0.25) is 4.98 Å². The maximum Gasteiger partial charge on any atom is 0.118 e. The normalized spacial score (nSPS) is 12.1. The Kier molecular flexibility index (Phi) is 5.52. The van der Waals surface area contributed by atoms with Gasteiger partial charge in [0.05, 0.1) is 17.6 Å². The van der Waals surface area contributed by atoms with E-state index in [1.165, 1.54) is 0 Å². The molecule has 1 unspecified atom stereocenters. The van der Waals surface area contributed by atoms with Crippen molar-refractivity contribution in [2.45, 2.75) is 39.0 Å². The minimum absolute atomic E-state index is 0.282. The van der Waals surface area contributed by atoms with Crippen molar-refractivity contribution >= 4 is 0 Å². The van der Waals surface area contributed by atoms with Crippen molar-refractivity contribution < 1.29 is 10.2 Å². The Morgan fingerprint density at radius 3 is 2.62 bits per heavy atom. The molecule has 4 nitrogen and oxygen atoms in total. The molecule has 0 spiro atoms. The van der Waals surface area contributed by atoms with Crippen LogP contribution in [-0.2, 0) is 6.42 Å². The first-order valence-corrected chi connectivity index (χ1v) is 8.96. The lowest BCUT2D eigenvalue weighted by Crippen LogP contribution is -2.05. The molecule has 2 N–H and O–H groups in total. The van der Waals surface area contributed by atoms with E-state index in [-0.39, 0.29) is 5.75 Å². The average molecular weight is 348 g/mol. The molecule has 0 saturated carbocycles. The first-order chi connectivity index (χ1) is 12.6. The molecule has 3 rings (SSSR count). The molecule has 134 valence electrons. The zero-order valence-corrected chi connectivity index (χ0v) is 15.2. The standard InChI is InChI=1S/C22H24N2O2/c1-3-5-16(17-6-4-7-20(25)12-17)11-19-13-23-14-21(24-19)18-8-9-22(26)15(2)10-18/h4,6-10,12-14,16,25-26H,3,5,11H2,1-2H3. The van der Waals surface area contributed by atoms with Gasteiger partial charge < -0.3 is 10.2 Å². The summed E-state index contributed by atoms with van der Waals surface area (Å²) in [6, 6.07) is 12.9. The van der Waals surface area contributed by atoms with Gasteiger partial charge >= 0.3 is 0 Å². The molecule has 0 aliphatic rings. The quantitative estimate of drug-likeness (QED) is 0.658. The number of aromatic nitrogens is 2. The maximum absolute atomic E-state index is 9.79. The Labute approximate surface area is 154 Å². The molecule has 0 fully saturated rings. The van der Waals surface area contributed by atoms with E-state index in [9.17, 15) is 10.2 Å². The zero-order valence-electron chi connectivity index (χ0n) is 15.2. The Morgan fingerprint density at radius 2 is 1.88 bits per heavy atom. The van der Waals surface area contributed by atoms with Gasteiger partial charge in [0.15, 0.2) is 0 Å². The van der Waals surface area contributed by atoms with Crippen LogP contribution in [0.1, 0.15) is 42.5 Å². The molecule has 1 atom stereocenters. The third kappa shape index (κ3) is 4.20. The van der Waals surface area contributed by atoms with Gasteiger partial charge in [0, 0.05) is 11.8 Å². The molecule has 1 heterocycles. The molecule has 3 aromatic rings. The summed E-state index contributed by atoms with van der Waals surface area (Å²) in [6.45, 7) is 4.03. The van der Waals surface area contributed by atoms with E-state index >= 15 is 0 Å². The van der Waals surface area contributed by atoms with E-state index in [0.29, 0.717) is 11.7 Å². The van der Waals surface area contributed by atoms with Gasteiger partial charge in [-0.25, -0.2) is 4.98 Å². The van der Waals surface area contributed by atoms with E-state index in [1.807, 2.05) is 37.4 Å². The minimum Gasteiger partial charge on any atom is -0.508 e. The largest absolute Gasteiger partial charge is 0.508 e. The number of nitrogens with zero attached hydrogens (tertiary/aromatic N) is 2. The van der Waals surface area contributed by atoms with Gasteiger partial charge in [0.25, 0.3) is 0 Å². The van der Waals surface area contributed by atoms with E-state index in [2.05, 4.69) is 18.0 Å². The molecule has 26 heavy (non-hydrogen) atoms. The summed E-state index contributed by atoms with van der Waals surface area (Å²) >= 11 is 0. The van der Waals surface area contributed by atoms with Crippen LogP contribution in [0.5, 0.6) is 11.5 Å². The fourth-order valence-corrected chi connectivity index (χ4v) is 3.22. The van der Waals surface area contributed by atoms with Crippen LogP contribution in [-0.4, -0.2) is 20.2 Å². The lowest BCUT2D eigenvalue weighted by molar-refractivity contribution is 0.471. The summed E-state index contributed by atoms with van der Waals surface area (Å²) in [7, 11) is 0. The molecule has 0 aliphatic carbocycles. The van der Waals surface area contributed by atoms with Crippen LogP contribution in [0.2, 0.25) is 0 Å². The van der Waals surface area contributed by atoms with Crippen LogP contribution in [0.3, 0.4) is 0 Å². The Bertz CT molecular complexity index is 893. The number of aryl methyl sites for hydroxylation is 1. The topological polar surface area (TPSA) is 66.2 Å². The first-order valence-electron chi connectivity index (χ1n) is 8.96. The van der Waals surface area contributed by atoms with Gasteiger partial charge in [-0.2, -0.15) is 0 Å². The van der Waals surface area contributed by atoms with Gasteiger partial charge in [0.1, 0.15) is 11.5 Å². The van der Waals surface area contributed by atoms with Crippen LogP contribution in [0.4, 0.5) is 0 Å². The Morgan fingerprint density at radius 1 is 1.04 bits per heavy atom. The van der Waals surface area contributed by atoms with Crippen LogP contribution >= 0.6 is 0 Å². The van der Waals surface area contributed by atoms with E-state index in [1.54, 1.807) is 18.3 Å². The van der Waals surface area contributed by atoms with Crippen LogP contribution in [0.15, 0.2) is 54.9 Å². The van der Waals surface area contributed by atoms with Crippen LogP contribution in [0, 0.1) is 6.92 Å². The van der Waals surface area contributed by atoms with Crippen molar-refractivity contribution in [3.8, 4) is 22.8 Å². The summed E-state index contributed by atoms with van der Waals surface area (Å²) in [5, 5.41) is 19.5. The summed E-state index contributed by atoms with van der Waals surface area (Å²) < 4.78 is 0. The molecule has 0 saturated heterocycles. The number of phenols is 2. The van der Waals surface area contributed by atoms with E-state index in [0.717, 1.165) is 47.3 Å². The fraction of sp³-hybridized carbons (Fsp3) is 0.273. The number of hydrogen-bond acceptors (Lipinski definition) is 4. The summed E-state index contributed by atoms with van der Waals surface area (Å²) in [5.74, 6) is 0.867. The maximum atomic E-state index is 9.79. The molecule has 0 radical (unpaired) electrons. The number of rotatable bonds is 6. The number of phenolic OH excluding ortho intramolecular Hbond substituents is 2. The summed E-state index contributed by atoms with van der Waals surface area (Å²) in [5.41, 5.74) is 4.61. The lowest BCUT2D eigenvalue weighted by Gasteiger charge is -2.17. The predicted molar refractivity (Wildman–Crippen MR) is 103 cm³/mol. The highest BCUT2D eigenvalue weighted by Crippen LogP contribution is 2.29. The highest BCUT2D eigenvalue weighted by Gasteiger charge is 2.14. The van der Waals surface area contributed by atoms with Crippen molar-refractivity contribution in [3.63, 3.8) is 0 Å².